The van der Waals surface area contributed by atoms with Crippen LogP contribution >= 0.6 is 0 Å². The van der Waals surface area contributed by atoms with Gasteiger partial charge < -0.3 is 10.2 Å². The molecule has 2 atom stereocenters. The zero-order valence-corrected chi connectivity index (χ0v) is 12.4. The first-order valence-electron chi connectivity index (χ1n) is 6.68. The molecule has 0 saturated carbocycles. The molecule has 106 valence electrons. The Labute approximate surface area is 110 Å². The molecule has 0 spiro atoms. The molecular weight excluding hydrogens is 230 g/mol. The third-order valence-electron chi connectivity index (χ3n) is 2.77. The molecule has 0 bridgehead atoms. The second kappa shape index (κ2) is 8.08. The van der Waals surface area contributed by atoms with Crippen LogP contribution in [-0.4, -0.2) is 47.9 Å². The van der Waals surface area contributed by atoms with E-state index in [1.807, 2.05) is 27.7 Å². The molecule has 2 N–H and O–H groups in total. The van der Waals surface area contributed by atoms with Crippen molar-refractivity contribution in [2.75, 3.05) is 13.1 Å². The standard InChI is InChI=1S/C13H27N3O2/c1-7-16(8-2)13(18)11(6)15-10(5)12(17)14-9(3)4/h9-11,15H,7-8H2,1-6H3,(H,14,17). The summed E-state index contributed by atoms with van der Waals surface area (Å²) in [5.74, 6) is -0.0478. The number of likely N-dealkylation sites (N-methyl/N-ethyl adjacent to an activating group) is 1. The summed E-state index contributed by atoms with van der Waals surface area (Å²) in [6, 6.07) is -0.615. The summed E-state index contributed by atoms with van der Waals surface area (Å²) in [6.07, 6.45) is 0. The van der Waals surface area contributed by atoms with Crippen molar-refractivity contribution in [1.82, 2.24) is 15.5 Å². The number of hydrogen-bond acceptors (Lipinski definition) is 3. The number of nitrogens with zero attached hydrogens (tertiary/aromatic N) is 1. The number of hydrogen-bond donors (Lipinski definition) is 2. The highest BCUT2D eigenvalue weighted by Gasteiger charge is 2.22. The molecule has 2 unspecified atom stereocenters. The second-order valence-corrected chi connectivity index (χ2v) is 4.78. The van der Waals surface area contributed by atoms with Crippen LogP contribution in [0.3, 0.4) is 0 Å². The summed E-state index contributed by atoms with van der Waals surface area (Å²) in [5, 5.41) is 5.85. The number of rotatable bonds is 7. The highest BCUT2D eigenvalue weighted by atomic mass is 16.2. The molecule has 0 aromatic rings. The molecule has 0 aliphatic carbocycles. The Bertz CT molecular complexity index is 275. The smallest absolute Gasteiger partial charge is 0.239 e. The average molecular weight is 257 g/mol. The Hall–Kier alpha value is -1.10. The average Bonchev–Trinajstić information content (AvgIpc) is 2.29. The molecular formula is C13H27N3O2. The first-order valence-corrected chi connectivity index (χ1v) is 6.68. The van der Waals surface area contributed by atoms with Crippen molar-refractivity contribution in [2.45, 2.75) is 59.7 Å². The molecule has 0 aliphatic rings. The van der Waals surface area contributed by atoms with Gasteiger partial charge in [-0.25, -0.2) is 0 Å². The zero-order valence-electron chi connectivity index (χ0n) is 12.4. The summed E-state index contributed by atoms with van der Waals surface area (Å²) in [5.41, 5.74) is 0. The van der Waals surface area contributed by atoms with Crippen LogP contribution in [0.15, 0.2) is 0 Å². The fourth-order valence-electron chi connectivity index (χ4n) is 1.74. The van der Waals surface area contributed by atoms with E-state index in [9.17, 15) is 9.59 Å². The molecule has 0 fully saturated rings. The molecule has 2 amide bonds. The Morgan fingerprint density at radius 1 is 1.00 bits per heavy atom. The van der Waals surface area contributed by atoms with Gasteiger partial charge in [0.1, 0.15) is 0 Å². The van der Waals surface area contributed by atoms with E-state index >= 15 is 0 Å². The fourth-order valence-corrected chi connectivity index (χ4v) is 1.74. The van der Waals surface area contributed by atoms with Crippen LogP contribution in [0.25, 0.3) is 0 Å². The van der Waals surface area contributed by atoms with Gasteiger partial charge in [-0.05, 0) is 41.5 Å². The molecule has 0 heterocycles. The summed E-state index contributed by atoms with van der Waals surface area (Å²) < 4.78 is 0. The Morgan fingerprint density at radius 2 is 1.50 bits per heavy atom. The van der Waals surface area contributed by atoms with Crippen molar-refractivity contribution < 1.29 is 9.59 Å². The maximum absolute atomic E-state index is 12.0. The Balaban J connectivity index is 4.33. The maximum atomic E-state index is 12.0. The molecule has 0 aliphatic heterocycles. The molecule has 5 nitrogen and oxygen atoms in total. The van der Waals surface area contributed by atoms with Gasteiger partial charge in [0.05, 0.1) is 12.1 Å². The highest BCUT2D eigenvalue weighted by Crippen LogP contribution is 1.97. The van der Waals surface area contributed by atoms with Crippen LogP contribution in [0, 0.1) is 0 Å². The Morgan fingerprint density at radius 3 is 1.89 bits per heavy atom. The quantitative estimate of drug-likeness (QED) is 0.707. The molecule has 0 aromatic carbocycles. The van der Waals surface area contributed by atoms with Gasteiger partial charge in [0, 0.05) is 19.1 Å². The van der Waals surface area contributed by atoms with E-state index < -0.39 is 0 Å². The van der Waals surface area contributed by atoms with Crippen molar-refractivity contribution in [3.8, 4) is 0 Å². The zero-order chi connectivity index (χ0) is 14.3. The van der Waals surface area contributed by atoms with Crippen molar-refractivity contribution in [3.05, 3.63) is 0 Å². The van der Waals surface area contributed by atoms with E-state index in [-0.39, 0.29) is 29.9 Å². The second-order valence-electron chi connectivity index (χ2n) is 4.78. The Kier molecular flexibility index (Phi) is 7.59. The van der Waals surface area contributed by atoms with E-state index in [4.69, 9.17) is 0 Å². The third kappa shape index (κ3) is 5.49. The van der Waals surface area contributed by atoms with Gasteiger partial charge >= 0.3 is 0 Å². The minimum atomic E-state index is -0.373. The first-order chi connectivity index (χ1) is 8.33. The summed E-state index contributed by atoms with van der Waals surface area (Å²) >= 11 is 0. The van der Waals surface area contributed by atoms with E-state index in [1.165, 1.54) is 0 Å². The molecule has 18 heavy (non-hydrogen) atoms. The molecule has 0 aromatic heterocycles. The van der Waals surface area contributed by atoms with E-state index in [1.54, 1.807) is 18.7 Å². The number of amides is 2. The topological polar surface area (TPSA) is 61.4 Å². The minimum absolute atomic E-state index is 0.0317. The van der Waals surface area contributed by atoms with Crippen molar-refractivity contribution in [1.29, 1.82) is 0 Å². The lowest BCUT2D eigenvalue weighted by atomic mass is 10.2. The van der Waals surface area contributed by atoms with Gasteiger partial charge in [-0.1, -0.05) is 0 Å². The van der Waals surface area contributed by atoms with E-state index in [0.717, 1.165) is 0 Å². The third-order valence-corrected chi connectivity index (χ3v) is 2.77. The van der Waals surface area contributed by atoms with Crippen molar-refractivity contribution in [2.24, 2.45) is 0 Å². The summed E-state index contributed by atoms with van der Waals surface area (Å²) in [7, 11) is 0. The van der Waals surface area contributed by atoms with Gasteiger partial charge in [-0.15, -0.1) is 0 Å². The summed E-state index contributed by atoms with van der Waals surface area (Å²) in [4.78, 5) is 25.5. The molecule has 0 saturated heterocycles. The van der Waals surface area contributed by atoms with Crippen molar-refractivity contribution >= 4 is 11.8 Å². The number of carbonyl (C=O) groups is 2. The highest BCUT2D eigenvalue weighted by molar-refractivity contribution is 5.85. The van der Waals surface area contributed by atoms with Crippen LogP contribution < -0.4 is 10.6 Å². The monoisotopic (exact) mass is 257 g/mol. The maximum Gasteiger partial charge on any atom is 0.239 e. The van der Waals surface area contributed by atoms with Gasteiger partial charge in [-0.2, -0.15) is 0 Å². The minimum Gasteiger partial charge on any atom is -0.353 e. The SMILES string of the molecule is CCN(CC)C(=O)C(C)NC(C)C(=O)NC(C)C. The molecule has 0 radical (unpaired) electrons. The lowest BCUT2D eigenvalue weighted by Gasteiger charge is -2.25. The summed E-state index contributed by atoms with van der Waals surface area (Å²) in [6.45, 7) is 12.7. The van der Waals surface area contributed by atoms with Gasteiger partial charge in [0.15, 0.2) is 0 Å². The molecule has 5 heteroatoms. The van der Waals surface area contributed by atoms with Crippen LogP contribution in [0.1, 0.15) is 41.5 Å². The lowest BCUT2D eigenvalue weighted by molar-refractivity contribution is -0.133. The van der Waals surface area contributed by atoms with Gasteiger partial charge in [0.2, 0.25) is 11.8 Å². The van der Waals surface area contributed by atoms with E-state index in [2.05, 4.69) is 10.6 Å². The lowest BCUT2D eigenvalue weighted by Crippen LogP contribution is -2.52. The predicted molar refractivity (Wildman–Crippen MR) is 73.3 cm³/mol. The fraction of sp³-hybridized carbons (Fsp3) is 0.846. The normalized spacial score (nSPS) is 14.2. The van der Waals surface area contributed by atoms with Gasteiger partial charge in [-0.3, -0.25) is 14.9 Å². The number of carbonyl (C=O) groups excluding carboxylic acids is 2. The van der Waals surface area contributed by atoms with Crippen LogP contribution in [0.5, 0.6) is 0 Å². The largest absolute Gasteiger partial charge is 0.353 e. The van der Waals surface area contributed by atoms with Crippen LogP contribution in [-0.2, 0) is 9.59 Å². The van der Waals surface area contributed by atoms with Crippen molar-refractivity contribution in [3.63, 3.8) is 0 Å². The number of nitrogens with one attached hydrogen (secondary N) is 2. The van der Waals surface area contributed by atoms with E-state index in [0.29, 0.717) is 13.1 Å². The van der Waals surface area contributed by atoms with Crippen LogP contribution in [0.4, 0.5) is 0 Å². The first kappa shape index (κ1) is 16.9. The van der Waals surface area contributed by atoms with Crippen LogP contribution in [0.2, 0.25) is 0 Å². The van der Waals surface area contributed by atoms with Gasteiger partial charge in [0.25, 0.3) is 0 Å². The predicted octanol–water partition coefficient (Wildman–Crippen LogP) is 0.746. The molecule has 0 rings (SSSR count).